The van der Waals surface area contributed by atoms with Crippen LogP contribution < -0.4 is 20.5 Å². The van der Waals surface area contributed by atoms with Crippen molar-refractivity contribution in [3.63, 3.8) is 0 Å². The van der Waals surface area contributed by atoms with Gasteiger partial charge in [0.1, 0.15) is 18.5 Å². The number of esters is 1. The van der Waals surface area contributed by atoms with E-state index in [-0.39, 0.29) is 36.1 Å². The Kier molecular flexibility index (Phi) is 6.93. The van der Waals surface area contributed by atoms with Gasteiger partial charge in [-0.3, -0.25) is 9.88 Å². The molecule has 1 aliphatic carbocycles. The van der Waals surface area contributed by atoms with E-state index in [9.17, 15) is 4.79 Å². The third-order valence-electron chi connectivity index (χ3n) is 8.74. The van der Waals surface area contributed by atoms with Gasteiger partial charge >= 0.3 is 5.97 Å². The lowest BCUT2D eigenvalue weighted by atomic mass is 9.76. The quantitative estimate of drug-likeness (QED) is 0.391. The summed E-state index contributed by atoms with van der Waals surface area (Å²) in [6, 6.07) is 7.11. The summed E-state index contributed by atoms with van der Waals surface area (Å²) in [6.07, 6.45) is 5.66. The number of rotatable bonds is 8. The molecule has 8 rings (SSSR count). The van der Waals surface area contributed by atoms with Crippen molar-refractivity contribution in [1.29, 1.82) is 0 Å². The van der Waals surface area contributed by atoms with Gasteiger partial charge in [0.15, 0.2) is 0 Å². The average Bonchev–Trinajstić information content (AvgIpc) is 3.40. The fraction of sp³-hybridized carbons (Fsp3) is 0.517. The lowest BCUT2D eigenvalue weighted by Crippen LogP contribution is -2.59. The number of fused-ring (bicyclic) bond motifs is 5. The van der Waals surface area contributed by atoms with Crippen LogP contribution in [-0.2, 0) is 27.2 Å². The topological polar surface area (TPSA) is 134 Å². The number of hydrogen-bond donors (Lipinski definition) is 2. The van der Waals surface area contributed by atoms with Crippen molar-refractivity contribution in [2.45, 2.75) is 62.4 Å². The Labute approximate surface area is 236 Å². The van der Waals surface area contributed by atoms with Crippen molar-refractivity contribution in [2.24, 2.45) is 5.73 Å². The van der Waals surface area contributed by atoms with E-state index >= 15 is 4.39 Å². The summed E-state index contributed by atoms with van der Waals surface area (Å²) in [5, 5.41) is 3.03. The second-order valence-electron chi connectivity index (χ2n) is 11.3. The van der Waals surface area contributed by atoms with Crippen molar-refractivity contribution >= 4 is 22.7 Å². The zero-order chi connectivity index (χ0) is 28.0. The lowest BCUT2D eigenvalue weighted by molar-refractivity contribution is -0.138. The van der Waals surface area contributed by atoms with Crippen LogP contribution in [0.15, 0.2) is 30.5 Å². The molecule has 0 radical (unpaired) electrons. The van der Waals surface area contributed by atoms with Gasteiger partial charge in [0, 0.05) is 30.3 Å². The van der Waals surface area contributed by atoms with Crippen LogP contribution >= 0.6 is 0 Å². The van der Waals surface area contributed by atoms with Gasteiger partial charge in [-0.25, -0.2) is 19.2 Å². The van der Waals surface area contributed by atoms with E-state index in [1.807, 2.05) is 12.1 Å². The molecule has 216 valence electrons. The van der Waals surface area contributed by atoms with E-state index in [1.165, 1.54) is 6.20 Å². The predicted octanol–water partition coefficient (Wildman–Crippen LogP) is 2.36. The molecule has 1 saturated carbocycles. The Morgan fingerprint density at radius 1 is 1.17 bits per heavy atom. The standard InChI is InChI=1S/C29H33FN6O5/c30-20-11-32-22-3-4-25(40-24-15-38-14-21(24)31)35-27(22)19(20)7-10-36(29-8-5-18(6-9-29)39-16-29)13-17-1-2-23-28(34-17)41-26(37)12-33-23/h1-4,11,18,21,24,33H,5-10,12-16,31H2/t18?,21-,24-,29?/m0/s1. The number of anilines is 1. The predicted molar refractivity (Wildman–Crippen MR) is 146 cm³/mol. The van der Waals surface area contributed by atoms with Crippen LogP contribution in [0, 0.1) is 5.82 Å². The highest BCUT2D eigenvalue weighted by molar-refractivity contribution is 5.82. The number of pyridine rings is 3. The highest BCUT2D eigenvalue weighted by Gasteiger charge is 2.45. The smallest absolute Gasteiger partial charge is 0.332 e. The van der Waals surface area contributed by atoms with Crippen LogP contribution in [0.1, 0.15) is 36.9 Å². The molecule has 0 aromatic carbocycles. The van der Waals surface area contributed by atoms with Crippen molar-refractivity contribution in [1.82, 2.24) is 19.9 Å². The number of carbonyl (C=O) groups excluding carboxylic acids is 1. The molecule has 3 N–H and O–H groups in total. The van der Waals surface area contributed by atoms with Crippen molar-refractivity contribution in [3.05, 3.63) is 47.5 Å². The van der Waals surface area contributed by atoms with Crippen LogP contribution in [0.3, 0.4) is 0 Å². The van der Waals surface area contributed by atoms with E-state index in [0.717, 1.165) is 31.4 Å². The van der Waals surface area contributed by atoms with E-state index < -0.39 is 5.82 Å². The molecular weight excluding hydrogens is 531 g/mol. The Bertz CT molecular complexity index is 1450. The van der Waals surface area contributed by atoms with Crippen LogP contribution in [0.5, 0.6) is 11.8 Å². The first-order valence-corrected chi connectivity index (χ1v) is 14.2. The summed E-state index contributed by atoms with van der Waals surface area (Å²) in [6.45, 7) is 2.62. The summed E-state index contributed by atoms with van der Waals surface area (Å²) in [7, 11) is 0. The molecule has 0 unspecified atom stereocenters. The first-order chi connectivity index (χ1) is 20.0. The molecule has 3 aromatic heterocycles. The third kappa shape index (κ3) is 5.21. The molecule has 2 bridgehead atoms. The molecule has 2 atom stereocenters. The second kappa shape index (κ2) is 10.8. The maximum absolute atomic E-state index is 15.4. The molecule has 11 nitrogen and oxygen atoms in total. The van der Waals surface area contributed by atoms with Crippen molar-refractivity contribution in [2.75, 3.05) is 38.2 Å². The number of ether oxygens (including phenoxy) is 4. The molecule has 7 heterocycles. The minimum Gasteiger partial charge on any atom is -0.470 e. The summed E-state index contributed by atoms with van der Waals surface area (Å²) in [5.41, 5.74) is 8.92. The summed E-state index contributed by atoms with van der Waals surface area (Å²) < 4.78 is 38.3. The van der Waals surface area contributed by atoms with Crippen LogP contribution in [0.25, 0.3) is 11.0 Å². The molecule has 0 amide bonds. The van der Waals surface area contributed by atoms with Gasteiger partial charge in [0.2, 0.25) is 11.8 Å². The average molecular weight is 565 g/mol. The number of nitrogens with zero attached hydrogens (tertiary/aromatic N) is 4. The van der Waals surface area contributed by atoms with E-state index in [2.05, 4.69) is 25.2 Å². The number of aromatic nitrogens is 3. The number of hydrogen-bond acceptors (Lipinski definition) is 11. The highest BCUT2D eigenvalue weighted by Crippen LogP contribution is 2.41. The molecule has 12 heteroatoms. The molecule has 4 aliphatic heterocycles. The largest absolute Gasteiger partial charge is 0.470 e. The number of nitrogens with two attached hydrogens (primary N) is 1. The third-order valence-corrected chi connectivity index (χ3v) is 8.74. The normalized spacial score (nSPS) is 27.1. The van der Waals surface area contributed by atoms with Gasteiger partial charge in [-0.05, 0) is 50.3 Å². The van der Waals surface area contributed by atoms with Gasteiger partial charge in [-0.1, -0.05) is 0 Å². The van der Waals surface area contributed by atoms with Gasteiger partial charge in [-0.2, -0.15) is 0 Å². The number of carbonyl (C=O) groups is 1. The molecular formula is C29H33FN6O5. The van der Waals surface area contributed by atoms with Crippen molar-refractivity contribution in [3.8, 4) is 11.8 Å². The zero-order valence-electron chi connectivity index (χ0n) is 22.7. The molecule has 0 spiro atoms. The minimum absolute atomic E-state index is 0.120. The van der Waals surface area contributed by atoms with Crippen molar-refractivity contribution < 1.29 is 28.1 Å². The maximum atomic E-state index is 15.4. The zero-order valence-corrected chi connectivity index (χ0v) is 22.7. The van der Waals surface area contributed by atoms with Crippen LogP contribution in [0.4, 0.5) is 10.1 Å². The van der Waals surface area contributed by atoms with Crippen LogP contribution in [0.2, 0.25) is 0 Å². The maximum Gasteiger partial charge on any atom is 0.332 e. The second-order valence-corrected chi connectivity index (χ2v) is 11.3. The monoisotopic (exact) mass is 564 g/mol. The highest BCUT2D eigenvalue weighted by atomic mass is 19.1. The van der Waals surface area contributed by atoms with E-state index in [1.54, 1.807) is 12.1 Å². The summed E-state index contributed by atoms with van der Waals surface area (Å²) in [5.74, 6) is -0.119. The Morgan fingerprint density at radius 2 is 2.05 bits per heavy atom. The van der Waals surface area contributed by atoms with Gasteiger partial charge in [0.05, 0.1) is 60.6 Å². The lowest BCUT2D eigenvalue weighted by Gasteiger charge is -2.52. The number of nitrogens with one attached hydrogen (secondary N) is 1. The number of halogens is 1. The van der Waals surface area contributed by atoms with Gasteiger partial charge in [-0.15, -0.1) is 0 Å². The fourth-order valence-corrected chi connectivity index (χ4v) is 6.35. The van der Waals surface area contributed by atoms with Gasteiger partial charge in [0.25, 0.3) is 0 Å². The van der Waals surface area contributed by atoms with Gasteiger partial charge < -0.3 is 30.0 Å². The molecule has 5 aliphatic rings. The minimum atomic E-state index is -0.408. The van der Waals surface area contributed by atoms with Crippen LogP contribution in [-0.4, -0.2) is 82.5 Å². The fourth-order valence-electron chi connectivity index (χ4n) is 6.35. The Morgan fingerprint density at radius 3 is 2.83 bits per heavy atom. The Hall–Kier alpha value is -3.45. The van der Waals surface area contributed by atoms with E-state index in [0.29, 0.717) is 73.6 Å². The molecule has 3 aromatic rings. The SMILES string of the molecule is N[C@H]1COC[C@@H]1Oc1ccc2ncc(F)c(CCN(Cc3ccc4c(n3)OC(=O)CN4)C34CCC(CC3)OC4)c2n1. The Balaban J connectivity index is 1.17. The summed E-state index contributed by atoms with van der Waals surface area (Å²) in [4.78, 5) is 27.8. The molecule has 3 saturated heterocycles. The molecule has 4 fully saturated rings. The first kappa shape index (κ1) is 26.4. The first-order valence-electron chi connectivity index (χ1n) is 14.2. The van der Waals surface area contributed by atoms with E-state index in [4.69, 9.17) is 24.7 Å². The molecule has 41 heavy (non-hydrogen) atoms. The summed E-state index contributed by atoms with van der Waals surface area (Å²) >= 11 is 0.